The predicted molar refractivity (Wildman–Crippen MR) is 66.5 cm³/mol. The minimum atomic E-state index is -0.747. The summed E-state index contributed by atoms with van der Waals surface area (Å²) >= 11 is 11.3. The van der Waals surface area contributed by atoms with Gasteiger partial charge in [0.2, 0.25) is 5.17 Å². The molecule has 0 aliphatic rings. The zero-order chi connectivity index (χ0) is 12.7. The Morgan fingerprint density at radius 2 is 2.18 bits per heavy atom. The minimum Gasteiger partial charge on any atom is -0.461 e. The van der Waals surface area contributed by atoms with Gasteiger partial charge in [0.1, 0.15) is 5.69 Å². The van der Waals surface area contributed by atoms with E-state index < -0.39 is 5.97 Å². The maximum Gasteiger partial charge on any atom is 0.370 e. The van der Waals surface area contributed by atoms with E-state index in [1.807, 2.05) is 0 Å². The van der Waals surface area contributed by atoms with Crippen LogP contribution in [0.1, 0.15) is 12.6 Å². The van der Waals surface area contributed by atoms with Crippen molar-refractivity contribution in [1.82, 2.24) is 4.98 Å². The Morgan fingerprint density at radius 1 is 1.41 bits per heavy atom. The van der Waals surface area contributed by atoms with E-state index in [1.54, 1.807) is 31.3 Å². The van der Waals surface area contributed by atoms with Crippen LogP contribution in [0.2, 0.25) is 0 Å². The van der Waals surface area contributed by atoms with Crippen molar-refractivity contribution in [2.24, 2.45) is 10.2 Å². The largest absolute Gasteiger partial charge is 0.461 e. The van der Waals surface area contributed by atoms with Crippen LogP contribution in [0.15, 0.2) is 34.6 Å². The monoisotopic (exact) mass is 273 g/mol. The van der Waals surface area contributed by atoms with Gasteiger partial charge >= 0.3 is 5.97 Å². The molecule has 1 heterocycles. The van der Waals surface area contributed by atoms with Crippen LogP contribution in [0.25, 0.3) is 0 Å². The third kappa shape index (κ3) is 4.50. The first-order valence-corrected chi connectivity index (χ1v) is 5.46. The molecule has 0 saturated carbocycles. The van der Waals surface area contributed by atoms with Crippen LogP contribution in [0, 0.1) is 0 Å². The first-order chi connectivity index (χ1) is 8.15. The number of esters is 1. The Morgan fingerprint density at radius 3 is 2.76 bits per heavy atom. The molecule has 0 amide bonds. The molecule has 0 radical (unpaired) electrons. The number of nitrogens with zero attached hydrogens (tertiary/aromatic N) is 3. The third-order valence-corrected chi connectivity index (χ3v) is 2.04. The summed E-state index contributed by atoms with van der Waals surface area (Å²) in [5, 5.41) is 6.66. The van der Waals surface area contributed by atoms with Crippen molar-refractivity contribution in [3.8, 4) is 0 Å². The van der Waals surface area contributed by atoms with E-state index in [2.05, 4.69) is 19.9 Å². The SMILES string of the molecule is CCOC(=O)/C(Cl)=N/N=C(\Cl)c1ccccn1. The van der Waals surface area contributed by atoms with Gasteiger partial charge in [-0.2, -0.15) is 0 Å². The van der Waals surface area contributed by atoms with Crippen LogP contribution in [-0.4, -0.2) is 27.9 Å². The summed E-state index contributed by atoms with van der Waals surface area (Å²) in [5.74, 6) is -0.747. The fourth-order valence-corrected chi connectivity index (χ4v) is 1.10. The zero-order valence-electron chi connectivity index (χ0n) is 8.93. The number of aromatic nitrogens is 1. The predicted octanol–water partition coefficient (Wildman–Crippen LogP) is 2.18. The number of carbonyl (C=O) groups is 1. The lowest BCUT2D eigenvalue weighted by Gasteiger charge is -1.97. The second-order valence-electron chi connectivity index (χ2n) is 2.72. The molecule has 0 unspecified atom stereocenters. The Hall–Kier alpha value is -1.46. The average molecular weight is 274 g/mol. The first kappa shape index (κ1) is 13.6. The van der Waals surface area contributed by atoms with Crippen LogP contribution in [0.3, 0.4) is 0 Å². The molecule has 0 aliphatic carbocycles. The molecule has 0 bridgehead atoms. The fourth-order valence-electron chi connectivity index (χ4n) is 0.855. The Bertz CT molecular complexity index is 446. The second-order valence-corrected chi connectivity index (χ2v) is 3.43. The molecule has 1 rings (SSSR count). The lowest BCUT2D eigenvalue weighted by atomic mass is 10.4. The van der Waals surface area contributed by atoms with E-state index in [1.165, 1.54) is 0 Å². The van der Waals surface area contributed by atoms with E-state index in [0.717, 1.165) is 0 Å². The summed E-state index contributed by atoms with van der Waals surface area (Å²) in [7, 11) is 0. The van der Waals surface area contributed by atoms with E-state index >= 15 is 0 Å². The van der Waals surface area contributed by atoms with Gasteiger partial charge in [-0.1, -0.05) is 29.3 Å². The lowest BCUT2D eigenvalue weighted by Crippen LogP contribution is -2.11. The van der Waals surface area contributed by atoms with Gasteiger partial charge in [0.25, 0.3) is 0 Å². The molecule has 0 spiro atoms. The highest BCUT2D eigenvalue weighted by Gasteiger charge is 2.09. The second kappa shape index (κ2) is 6.98. The van der Waals surface area contributed by atoms with Gasteiger partial charge in [-0.15, -0.1) is 10.2 Å². The van der Waals surface area contributed by atoms with Crippen molar-refractivity contribution in [3.63, 3.8) is 0 Å². The van der Waals surface area contributed by atoms with Crippen molar-refractivity contribution < 1.29 is 9.53 Å². The first-order valence-electron chi connectivity index (χ1n) is 4.70. The molecule has 1 aromatic rings. The summed E-state index contributed by atoms with van der Waals surface area (Å²) in [6.07, 6.45) is 1.56. The van der Waals surface area contributed by atoms with Crippen LogP contribution >= 0.6 is 23.2 Å². The lowest BCUT2D eigenvalue weighted by molar-refractivity contribution is -0.134. The molecule has 0 atom stereocenters. The Labute approximate surface area is 108 Å². The number of hydrogen-bond acceptors (Lipinski definition) is 5. The standard InChI is InChI=1S/C10H9Cl2N3O2/c1-2-17-10(16)9(12)15-14-8(11)7-5-3-4-6-13-7/h3-6H,2H2,1H3/b14-8-,15-9-. The molecule has 0 aliphatic heterocycles. The highest BCUT2D eigenvalue weighted by molar-refractivity contribution is 6.82. The van der Waals surface area contributed by atoms with Gasteiger partial charge in [-0.05, 0) is 19.1 Å². The number of rotatable bonds is 4. The number of pyridine rings is 1. The Kier molecular flexibility index (Phi) is 5.59. The molecule has 0 fully saturated rings. The van der Waals surface area contributed by atoms with Crippen LogP contribution in [0.4, 0.5) is 0 Å². The van der Waals surface area contributed by atoms with Gasteiger partial charge in [0.15, 0.2) is 5.17 Å². The molecule has 5 nitrogen and oxygen atoms in total. The maximum atomic E-state index is 11.1. The van der Waals surface area contributed by atoms with Crippen LogP contribution in [-0.2, 0) is 9.53 Å². The molecule has 90 valence electrons. The van der Waals surface area contributed by atoms with E-state index in [4.69, 9.17) is 23.2 Å². The molecule has 1 aromatic heterocycles. The average Bonchev–Trinajstić information content (AvgIpc) is 2.36. The van der Waals surface area contributed by atoms with Gasteiger partial charge in [-0.25, -0.2) is 4.79 Å². The van der Waals surface area contributed by atoms with Gasteiger partial charge in [0.05, 0.1) is 6.61 Å². The topological polar surface area (TPSA) is 63.9 Å². The van der Waals surface area contributed by atoms with Crippen molar-refractivity contribution in [1.29, 1.82) is 0 Å². The summed E-state index contributed by atoms with van der Waals surface area (Å²) in [6.45, 7) is 1.87. The van der Waals surface area contributed by atoms with Crippen molar-refractivity contribution in [2.45, 2.75) is 6.92 Å². The molecule has 17 heavy (non-hydrogen) atoms. The summed E-state index contributed by atoms with van der Waals surface area (Å²) in [6, 6.07) is 5.14. The highest BCUT2D eigenvalue weighted by Crippen LogP contribution is 2.02. The number of hydrogen-bond donors (Lipinski definition) is 0. The van der Waals surface area contributed by atoms with Gasteiger partial charge in [0, 0.05) is 6.20 Å². The molecular weight excluding hydrogens is 265 g/mol. The molecule has 7 heteroatoms. The molecule has 0 aromatic carbocycles. The summed E-state index contributed by atoms with van der Waals surface area (Å²) in [4.78, 5) is 15.0. The van der Waals surface area contributed by atoms with Gasteiger partial charge < -0.3 is 4.74 Å². The zero-order valence-corrected chi connectivity index (χ0v) is 10.4. The van der Waals surface area contributed by atoms with Crippen molar-refractivity contribution >= 4 is 39.5 Å². The minimum absolute atomic E-state index is 0.0352. The summed E-state index contributed by atoms with van der Waals surface area (Å²) < 4.78 is 4.61. The van der Waals surface area contributed by atoms with E-state index in [0.29, 0.717) is 5.69 Å². The molecular formula is C10H9Cl2N3O2. The van der Waals surface area contributed by atoms with E-state index in [-0.39, 0.29) is 16.9 Å². The maximum absolute atomic E-state index is 11.1. The number of ether oxygens (including phenoxy) is 1. The quantitative estimate of drug-likeness (QED) is 0.480. The van der Waals surface area contributed by atoms with Gasteiger partial charge in [-0.3, -0.25) is 4.98 Å². The van der Waals surface area contributed by atoms with Crippen LogP contribution in [0.5, 0.6) is 0 Å². The fraction of sp³-hybridized carbons (Fsp3) is 0.200. The molecule has 0 N–H and O–H groups in total. The third-order valence-electron chi connectivity index (χ3n) is 1.55. The van der Waals surface area contributed by atoms with Crippen molar-refractivity contribution in [2.75, 3.05) is 6.61 Å². The van der Waals surface area contributed by atoms with Crippen LogP contribution < -0.4 is 0 Å². The smallest absolute Gasteiger partial charge is 0.370 e. The highest BCUT2D eigenvalue weighted by atomic mass is 35.5. The Balaban J connectivity index is 2.77. The normalized spacial score (nSPS) is 12.4. The number of halogens is 2. The molecule has 0 saturated heterocycles. The number of carbonyl (C=O) groups excluding carboxylic acids is 1. The summed E-state index contributed by atoms with van der Waals surface area (Å²) in [5.41, 5.74) is 0.436. The van der Waals surface area contributed by atoms with Crippen molar-refractivity contribution in [3.05, 3.63) is 30.1 Å². The van der Waals surface area contributed by atoms with E-state index in [9.17, 15) is 4.79 Å².